The zero-order valence-electron chi connectivity index (χ0n) is 13.7. The van der Waals surface area contributed by atoms with Gasteiger partial charge in [0.25, 0.3) is 5.91 Å². The Hall–Kier alpha value is -3.28. The van der Waals surface area contributed by atoms with Crippen molar-refractivity contribution in [2.45, 2.75) is 6.92 Å². The molecule has 0 unspecified atom stereocenters. The monoisotopic (exact) mass is 339 g/mol. The van der Waals surface area contributed by atoms with E-state index in [1.54, 1.807) is 30.3 Å². The Morgan fingerprint density at radius 1 is 1.08 bits per heavy atom. The summed E-state index contributed by atoms with van der Waals surface area (Å²) in [6.45, 7) is 1.91. The standard InChI is InChI=1S/C19H17NO5/c1-2-23-16-10-6-4-8-14(16)20-18(21)12-24-19(22)17-11-13-7-3-5-9-15(13)25-17/h3-11H,2,12H2,1H3,(H,20,21). The molecule has 128 valence electrons. The zero-order chi connectivity index (χ0) is 17.6. The van der Waals surface area contributed by atoms with Gasteiger partial charge < -0.3 is 19.2 Å². The molecule has 0 saturated heterocycles. The second kappa shape index (κ2) is 7.53. The lowest BCUT2D eigenvalue weighted by molar-refractivity contribution is -0.119. The molecule has 25 heavy (non-hydrogen) atoms. The van der Waals surface area contributed by atoms with E-state index in [0.29, 0.717) is 23.6 Å². The summed E-state index contributed by atoms with van der Waals surface area (Å²) >= 11 is 0. The van der Waals surface area contributed by atoms with E-state index < -0.39 is 18.5 Å². The highest BCUT2D eigenvalue weighted by molar-refractivity contribution is 5.97. The predicted molar refractivity (Wildman–Crippen MR) is 92.7 cm³/mol. The smallest absolute Gasteiger partial charge is 0.374 e. The second-order valence-corrected chi connectivity index (χ2v) is 5.20. The van der Waals surface area contributed by atoms with Crippen LogP contribution < -0.4 is 10.1 Å². The Labute approximate surface area is 144 Å². The van der Waals surface area contributed by atoms with Crippen molar-refractivity contribution in [1.82, 2.24) is 0 Å². The highest BCUT2D eigenvalue weighted by Gasteiger charge is 2.16. The van der Waals surface area contributed by atoms with Gasteiger partial charge in [0.05, 0.1) is 12.3 Å². The van der Waals surface area contributed by atoms with Crippen LogP contribution >= 0.6 is 0 Å². The van der Waals surface area contributed by atoms with Crippen LogP contribution in [0, 0.1) is 0 Å². The fourth-order valence-corrected chi connectivity index (χ4v) is 2.32. The molecule has 0 radical (unpaired) electrons. The van der Waals surface area contributed by atoms with E-state index >= 15 is 0 Å². The number of amides is 1. The number of fused-ring (bicyclic) bond motifs is 1. The lowest BCUT2D eigenvalue weighted by Crippen LogP contribution is -2.21. The van der Waals surface area contributed by atoms with E-state index in [1.165, 1.54) is 0 Å². The molecule has 0 spiro atoms. The maximum atomic E-state index is 12.0. The van der Waals surface area contributed by atoms with Crippen molar-refractivity contribution in [2.24, 2.45) is 0 Å². The van der Waals surface area contributed by atoms with E-state index in [1.807, 2.05) is 31.2 Å². The minimum atomic E-state index is -0.690. The van der Waals surface area contributed by atoms with Crippen LogP contribution in [0.15, 0.2) is 59.0 Å². The van der Waals surface area contributed by atoms with Gasteiger partial charge in [-0.05, 0) is 31.2 Å². The van der Waals surface area contributed by atoms with Gasteiger partial charge in [0.1, 0.15) is 11.3 Å². The number of ether oxygens (including phenoxy) is 2. The highest BCUT2D eigenvalue weighted by Crippen LogP contribution is 2.23. The molecule has 1 N–H and O–H groups in total. The maximum Gasteiger partial charge on any atom is 0.374 e. The third-order valence-electron chi connectivity index (χ3n) is 3.42. The fourth-order valence-electron chi connectivity index (χ4n) is 2.32. The van der Waals surface area contributed by atoms with Crippen molar-refractivity contribution in [2.75, 3.05) is 18.5 Å². The Kier molecular flexibility index (Phi) is 4.99. The predicted octanol–water partition coefficient (Wildman–Crippen LogP) is 3.63. The summed E-state index contributed by atoms with van der Waals surface area (Å²) in [5.74, 6) is -0.535. The van der Waals surface area contributed by atoms with Crippen molar-refractivity contribution >= 4 is 28.5 Å². The number of carbonyl (C=O) groups excluding carboxylic acids is 2. The van der Waals surface area contributed by atoms with Crippen LogP contribution in [-0.4, -0.2) is 25.1 Å². The molecule has 3 rings (SSSR count). The number of furan rings is 1. The molecule has 1 heterocycles. The van der Waals surface area contributed by atoms with Crippen LogP contribution in [0.25, 0.3) is 11.0 Å². The Morgan fingerprint density at radius 3 is 2.64 bits per heavy atom. The van der Waals surface area contributed by atoms with Crippen molar-refractivity contribution < 1.29 is 23.5 Å². The van der Waals surface area contributed by atoms with Crippen LogP contribution in [0.4, 0.5) is 5.69 Å². The topological polar surface area (TPSA) is 77.8 Å². The minimum absolute atomic E-state index is 0.0590. The van der Waals surface area contributed by atoms with Crippen molar-refractivity contribution in [3.8, 4) is 5.75 Å². The van der Waals surface area contributed by atoms with E-state index in [-0.39, 0.29) is 5.76 Å². The van der Waals surface area contributed by atoms with Crippen molar-refractivity contribution in [1.29, 1.82) is 0 Å². The number of hydrogen-bond acceptors (Lipinski definition) is 5. The van der Waals surface area contributed by atoms with Crippen LogP contribution in [-0.2, 0) is 9.53 Å². The van der Waals surface area contributed by atoms with Gasteiger partial charge in [0, 0.05) is 5.39 Å². The SMILES string of the molecule is CCOc1ccccc1NC(=O)COC(=O)c1cc2ccccc2o1. The quantitative estimate of drug-likeness (QED) is 0.694. The summed E-state index contributed by atoms with van der Waals surface area (Å²) in [6.07, 6.45) is 0. The molecule has 1 amide bonds. The molecule has 0 aliphatic heterocycles. The first kappa shape index (κ1) is 16.6. The average Bonchev–Trinajstić information content (AvgIpc) is 3.06. The minimum Gasteiger partial charge on any atom is -0.492 e. The highest BCUT2D eigenvalue weighted by atomic mass is 16.5. The summed E-state index contributed by atoms with van der Waals surface area (Å²) in [7, 11) is 0. The molecule has 0 bridgehead atoms. The molecule has 0 saturated carbocycles. The van der Waals surface area contributed by atoms with Crippen molar-refractivity contribution in [3.05, 3.63) is 60.4 Å². The lowest BCUT2D eigenvalue weighted by atomic mass is 10.2. The van der Waals surface area contributed by atoms with Crippen molar-refractivity contribution in [3.63, 3.8) is 0 Å². The van der Waals surface area contributed by atoms with Gasteiger partial charge in [-0.3, -0.25) is 4.79 Å². The van der Waals surface area contributed by atoms with Crippen LogP contribution in [0.5, 0.6) is 5.75 Å². The number of nitrogens with one attached hydrogen (secondary N) is 1. The summed E-state index contributed by atoms with van der Waals surface area (Å²) in [5.41, 5.74) is 1.11. The number of para-hydroxylation sites is 3. The number of esters is 1. The second-order valence-electron chi connectivity index (χ2n) is 5.20. The van der Waals surface area contributed by atoms with Crippen LogP contribution in [0.3, 0.4) is 0 Å². The molecule has 0 atom stereocenters. The normalized spacial score (nSPS) is 10.4. The first-order valence-corrected chi connectivity index (χ1v) is 7.84. The van der Waals surface area contributed by atoms with E-state index in [4.69, 9.17) is 13.9 Å². The molecule has 1 aromatic heterocycles. The number of benzene rings is 2. The summed E-state index contributed by atoms with van der Waals surface area (Å²) in [6, 6.07) is 15.9. The number of carbonyl (C=O) groups is 2. The third-order valence-corrected chi connectivity index (χ3v) is 3.42. The molecule has 0 fully saturated rings. The molecule has 3 aromatic rings. The molecule has 6 nitrogen and oxygen atoms in total. The molecule has 0 aliphatic carbocycles. The lowest BCUT2D eigenvalue weighted by Gasteiger charge is -2.11. The van der Waals surface area contributed by atoms with Gasteiger partial charge in [-0.15, -0.1) is 0 Å². The van der Waals surface area contributed by atoms with Gasteiger partial charge in [-0.25, -0.2) is 4.79 Å². The Balaban J connectivity index is 1.59. The number of anilines is 1. The summed E-state index contributed by atoms with van der Waals surface area (Å²) < 4.78 is 15.8. The number of hydrogen-bond donors (Lipinski definition) is 1. The van der Waals surface area contributed by atoms with E-state index in [0.717, 1.165) is 5.39 Å². The first-order valence-electron chi connectivity index (χ1n) is 7.84. The van der Waals surface area contributed by atoms with Gasteiger partial charge in [-0.1, -0.05) is 30.3 Å². The summed E-state index contributed by atoms with van der Waals surface area (Å²) in [5, 5.41) is 3.45. The molecule has 2 aromatic carbocycles. The van der Waals surface area contributed by atoms with Crippen LogP contribution in [0.2, 0.25) is 0 Å². The maximum absolute atomic E-state index is 12.0. The Morgan fingerprint density at radius 2 is 1.84 bits per heavy atom. The van der Waals surface area contributed by atoms with Gasteiger partial charge in [0.2, 0.25) is 5.76 Å². The van der Waals surface area contributed by atoms with E-state index in [2.05, 4.69) is 5.32 Å². The molecular formula is C19H17NO5. The van der Waals surface area contributed by atoms with E-state index in [9.17, 15) is 9.59 Å². The number of rotatable bonds is 6. The van der Waals surface area contributed by atoms with Gasteiger partial charge in [-0.2, -0.15) is 0 Å². The van der Waals surface area contributed by atoms with Gasteiger partial charge >= 0.3 is 5.97 Å². The zero-order valence-corrected chi connectivity index (χ0v) is 13.7. The largest absolute Gasteiger partial charge is 0.492 e. The molecule has 6 heteroatoms. The van der Waals surface area contributed by atoms with Gasteiger partial charge in [0.15, 0.2) is 6.61 Å². The average molecular weight is 339 g/mol. The third kappa shape index (κ3) is 3.98. The Bertz CT molecular complexity index is 866. The van der Waals surface area contributed by atoms with Crippen LogP contribution in [0.1, 0.15) is 17.5 Å². The molecule has 0 aliphatic rings. The summed E-state index contributed by atoms with van der Waals surface area (Å²) in [4.78, 5) is 24.0. The fraction of sp³-hybridized carbons (Fsp3) is 0.158. The first-order chi connectivity index (χ1) is 12.2. The molecular weight excluding hydrogens is 322 g/mol.